The predicted octanol–water partition coefficient (Wildman–Crippen LogP) is 4.42. The van der Waals surface area contributed by atoms with Crippen LogP contribution in [0.2, 0.25) is 0 Å². The highest BCUT2D eigenvalue weighted by Crippen LogP contribution is 2.31. The standard InChI is InChI=1S/C22H29NO/c1-22(2,3)23-20-14-17(15-21(20)24)13-16-9-11-19(12-10-16)18-7-5-4-6-8-18/h4-12,17,20-21,23-24H,13-15H2,1-3H3/t17-,20+,21+/m0/s1. The van der Waals surface area contributed by atoms with E-state index < -0.39 is 0 Å². The molecule has 0 spiro atoms. The largest absolute Gasteiger partial charge is 0.391 e. The van der Waals surface area contributed by atoms with Crippen LogP contribution in [0.5, 0.6) is 0 Å². The first-order valence-corrected chi connectivity index (χ1v) is 9.01. The highest BCUT2D eigenvalue weighted by atomic mass is 16.3. The van der Waals surface area contributed by atoms with Crippen molar-refractivity contribution in [1.29, 1.82) is 0 Å². The molecule has 1 aliphatic rings. The van der Waals surface area contributed by atoms with Gasteiger partial charge in [-0.25, -0.2) is 0 Å². The lowest BCUT2D eigenvalue weighted by molar-refractivity contribution is 0.133. The Bertz CT molecular complexity index is 642. The van der Waals surface area contributed by atoms with Gasteiger partial charge in [-0.15, -0.1) is 0 Å². The molecule has 0 amide bonds. The van der Waals surface area contributed by atoms with Crippen LogP contribution in [0.3, 0.4) is 0 Å². The van der Waals surface area contributed by atoms with Gasteiger partial charge in [-0.05, 0) is 62.6 Å². The summed E-state index contributed by atoms with van der Waals surface area (Å²) in [5, 5.41) is 13.9. The maximum Gasteiger partial charge on any atom is 0.0696 e. The van der Waals surface area contributed by atoms with Crippen molar-refractivity contribution in [1.82, 2.24) is 5.32 Å². The summed E-state index contributed by atoms with van der Waals surface area (Å²) in [7, 11) is 0. The Hall–Kier alpha value is -1.64. The molecular formula is C22H29NO. The third-order valence-electron chi connectivity index (χ3n) is 4.83. The van der Waals surface area contributed by atoms with E-state index in [2.05, 4.69) is 74.6 Å². The van der Waals surface area contributed by atoms with E-state index in [-0.39, 0.29) is 17.7 Å². The van der Waals surface area contributed by atoms with Crippen molar-refractivity contribution in [3.8, 4) is 11.1 Å². The molecule has 1 saturated carbocycles. The average Bonchev–Trinajstić information content (AvgIpc) is 2.86. The zero-order valence-electron chi connectivity index (χ0n) is 15.0. The Labute approximate surface area is 145 Å². The van der Waals surface area contributed by atoms with Gasteiger partial charge in [-0.3, -0.25) is 0 Å². The summed E-state index contributed by atoms with van der Waals surface area (Å²) in [6.07, 6.45) is 2.78. The van der Waals surface area contributed by atoms with Gasteiger partial charge in [0, 0.05) is 11.6 Å². The minimum Gasteiger partial charge on any atom is -0.391 e. The molecule has 1 aliphatic carbocycles. The molecule has 3 atom stereocenters. The van der Waals surface area contributed by atoms with Crippen molar-refractivity contribution in [3.05, 3.63) is 60.2 Å². The normalized spacial score (nSPS) is 24.2. The van der Waals surface area contributed by atoms with Gasteiger partial charge in [0.25, 0.3) is 0 Å². The van der Waals surface area contributed by atoms with Crippen LogP contribution in [0, 0.1) is 5.92 Å². The molecule has 0 aliphatic heterocycles. The highest BCUT2D eigenvalue weighted by molar-refractivity contribution is 5.63. The van der Waals surface area contributed by atoms with Gasteiger partial charge in [-0.1, -0.05) is 54.6 Å². The second-order valence-corrected chi connectivity index (χ2v) is 8.17. The molecule has 0 unspecified atom stereocenters. The fraction of sp³-hybridized carbons (Fsp3) is 0.455. The minimum atomic E-state index is -0.224. The molecule has 0 heterocycles. The third kappa shape index (κ3) is 4.46. The maximum absolute atomic E-state index is 10.3. The Morgan fingerprint density at radius 1 is 0.917 bits per heavy atom. The van der Waals surface area contributed by atoms with Crippen LogP contribution in [0.1, 0.15) is 39.2 Å². The molecule has 0 radical (unpaired) electrons. The number of aliphatic hydroxyl groups is 1. The van der Waals surface area contributed by atoms with E-state index in [1.807, 2.05) is 6.07 Å². The van der Waals surface area contributed by atoms with Crippen molar-refractivity contribution < 1.29 is 5.11 Å². The Balaban J connectivity index is 1.61. The number of aliphatic hydroxyl groups excluding tert-OH is 1. The molecule has 2 aromatic rings. The molecule has 0 saturated heterocycles. The van der Waals surface area contributed by atoms with Crippen molar-refractivity contribution >= 4 is 0 Å². The van der Waals surface area contributed by atoms with E-state index in [9.17, 15) is 5.11 Å². The monoisotopic (exact) mass is 323 g/mol. The van der Waals surface area contributed by atoms with Crippen LogP contribution in [0.4, 0.5) is 0 Å². The molecule has 2 heteroatoms. The van der Waals surface area contributed by atoms with Gasteiger partial charge in [0.1, 0.15) is 0 Å². The van der Waals surface area contributed by atoms with E-state index in [0.717, 1.165) is 19.3 Å². The first-order chi connectivity index (χ1) is 11.4. The molecule has 1 fully saturated rings. The van der Waals surface area contributed by atoms with E-state index in [1.165, 1.54) is 16.7 Å². The summed E-state index contributed by atoms with van der Waals surface area (Å²) in [5.41, 5.74) is 3.94. The SMILES string of the molecule is CC(C)(C)N[C@@H]1C[C@H](Cc2ccc(-c3ccccc3)cc2)C[C@H]1O. The zero-order valence-corrected chi connectivity index (χ0v) is 15.0. The lowest BCUT2D eigenvalue weighted by Gasteiger charge is -2.27. The first-order valence-electron chi connectivity index (χ1n) is 9.01. The number of nitrogens with one attached hydrogen (secondary N) is 1. The van der Waals surface area contributed by atoms with Crippen molar-refractivity contribution in [2.75, 3.05) is 0 Å². The quantitative estimate of drug-likeness (QED) is 0.873. The number of hydrogen-bond acceptors (Lipinski definition) is 2. The topological polar surface area (TPSA) is 32.3 Å². The highest BCUT2D eigenvalue weighted by Gasteiger charge is 2.34. The van der Waals surface area contributed by atoms with E-state index in [4.69, 9.17) is 0 Å². The van der Waals surface area contributed by atoms with Crippen LogP contribution in [0.15, 0.2) is 54.6 Å². The lowest BCUT2D eigenvalue weighted by Crippen LogP contribution is -2.47. The second kappa shape index (κ2) is 7.08. The van der Waals surface area contributed by atoms with Gasteiger partial charge in [0.2, 0.25) is 0 Å². The van der Waals surface area contributed by atoms with Crippen molar-refractivity contribution in [2.45, 2.75) is 57.7 Å². The van der Waals surface area contributed by atoms with Gasteiger partial charge >= 0.3 is 0 Å². The molecule has 2 N–H and O–H groups in total. The van der Waals surface area contributed by atoms with Crippen LogP contribution < -0.4 is 5.32 Å². The smallest absolute Gasteiger partial charge is 0.0696 e. The van der Waals surface area contributed by atoms with Crippen molar-refractivity contribution in [2.24, 2.45) is 5.92 Å². The van der Waals surface area contributed by atoms with Crippen LogP contribution in [-0.4, -0.2) is 22.8 Å². The molecule has 0 aromatic heterocycles. The number of benzene rings is 2. The summed E-state index contributed by atoms with van der Waals surface area (Å²) in [5.74, 6) is 0.558. The lowest BCUT2D eigenvalue weighted by atomic mass is 9.95. The van der Waals surface area contributed by atoms with Gasteiger partial charge in [0.15, 0.2) is 0 Å². The Morgan fingerprint density at radius 3 is 2.17 bits per heavy atom. The van der Waals surface area contributed by atoms with Gasteiger partial charge in [0.05, 0.1) is 6.10 Å². The van der Waals surface area contributed by atoms with Crippen LogP contribution in [0.25, 0.3) is 11.1 Å². The summed E-state index contributed by atoms with van der Waals surface area (Å²) in [4.78, 5) is 0. The van der Waals surface area contributed by atoms with E-state index >= 15 is 0 Å². The molecule has 128 valence electrons. The maximum atomic E-state index is 10.3. The molecule has 2 aromatic carbocycles. The first kappa shape index (κ1) is 17.2. The fourth-order valence-corrected chi connectivity index (χ4v) is 3.79. The number of hydrogen-bond donors (Lipinski definition) is 2. The van der Waals surface area contributed by atoms with E-state index in [0.29, 0.717) is 5.92 Å². The summed E-state index contributed by atoms with van der Waals surface area (Å²) in [6, 6.07) is 19.6. The van der Waals surface area contributed by atoms with Gasteiger partial charge in [-0.2, -0.15) is 0 Å². The molecule has 3 rings (SSSR count). The van der Waals surface area contributed by atoms with Gasteiger partial charge < -0.3 is 10.4 Å². The van der Waals surface area contributed by atoms with Crippen LogP contribution >= 0.6 is 0 Å². The summed E-state index contributed by atoms with van der Waals surface area (Å²) < 4.78 is 0. The minimum absolute atomic E-state index is 0.0534. The number of rotatable bonds is 4. The second-order valence-electron chi connectivity index (χ2n) is 8.17. The summed E-state index contributed by atoms with van der Waals surface area (Å²) in [6.45, 7) is 6.49. The molecule has 2 nitrogen and oxygen atoms in total. The van der Waals surface area contributed by atoms with Crippen LogP contribution in [-0.2, 0) is 6.42 Å². The molecule has 0 bridgehead atoms. The van der Waals surface area contributed by atoms with E-state index in [1.54, 1.807) is 0 Å². The third-order valence-corrected chi connectivity index (χ3v) is 4.83. The summed E-state index contributed by atoms with van der Waals surface area (Å²) >= 11 is 0. The Morgan fingerprint density at radius 2 is 1.54 bits per heavy atom. The van der Waals surface area contributed by atoms with Crippen molar-refractivity contribution in [3.63, 3.8) is 0 Å². The fourth-order valence-electron chi connectivity index (χ4n) is 3.79. The molecule has 24 heavy (non-hydrogen) atoms. The average molecular weight is 323 g/mol. The zero-order chi connectivity index (χ0) is 17.2. The Kier molecular flexibility index (Phi) is 5.07. The predicted molar refractivity (Wildman–Crippen MR) is 101 cm³/mol. The molecular weight excluding hydrogens is 294 g/mol.